The fourth-order valence-electron chi connectivity index (χ4n) is 1.77. The molecule has 0 aliphatic heterocycles. The minimum absolute atomic E-state index is 0.331. The Morgan fingerprint density at radius 1 is 1.00 bits per heavy atom. The first-order valence-electron chi connectivity index (χ1n) is 6.92. The first-order chi connectivity index (χ1) is 7.81. The van der Waals surface area contributed by atoms with Crippen molar-refractivity contribution < 1.29 is 5.11 Å². The van der Waals surface area contributed by atoms with E-state index in [1.807, 2.05) is 0 Å². The first-order valence-corrected chi connectivity index (χ1v) is 6.92. The van der Waals surface area contributed by atoms with Crippen LogP contribution in [0.25, 0.3) is 0 Å². The molecule has 16 heavy (non-hydrogen) atoms. The third-order valence-corrected chi connectivity index (χ3v) is 2.84. The van der Waals surface area contributed by atoms with Crippen molar-refractivity contribution >= 4 is 0 Å². The molecule has 1 unspecified atom stereocenters. The summed E-state index contributed by atoms with van der Waals surface area (Å²) in [6.45, 7) is 3.76. The molecule has 1 atom stereocenters. The Labute approximate surface area is 101 Å². The molecule has 4 N–H and O–H groups in total. The summed E-state index contributed by atoms with van der Waals surface area (Å²) in [5, 5.41) is 12.6. The van der Waals surface area contributed by atoms with E-state index in [1.54, 1.807) is 0 Å². The van der Waals surface area contributed by atoms with Gasteiger partial charge in [0.15, 0.2) is 0 Å². The average Bonchev–Trinajstić information content (AvgIpc) is 2.28. The Kier molecular flexibility index (Phi) is 12.9. The topological polar surface area (TPSA) is 58.3 Å². The molecule has 0 bridgehead atoms. The van der Waals surface area contributed by atoms with Gasteiger partial charge in [0, 0.05) is 0 Å². The molecule has 0 aliphatic carbocycles. The van der Waals surface area contributed by atoms with Crippen LogP contribution < -0.4 is 11.1 Å². The Morgan fingerprint density at radius 2 is 1.62 bits per heavy atom. The van der Waals surface area contributed by atoms with E-state index in [4.69, 9.17) is 5.73 Å². The zero-order chi connectivity index (χ0) is 12.1. The van der Waals surface area contributed by atoms with Gasteiger partial charge in [-0.3, -0.25) is 5.32 Å². The molecule has 0 fully saturated rings. The summed E-state index contributed by atoms with van der Waals surface area (Å²) >= 11 is 0. The molecule has 0 rings (SSSR count). The third-order valence-electron chi connectivity index (χ3n) is 2.84. The summed E-state index contributed by atoms with van der Waals surface area (Å²) in [4.78, 5) is 0. The summed E-state index contributed by atoms with van der Waals surface area (Å²) in [6, 6.07) is 0. The van der Waals surface area contributed by atoms with E-state index in [2.05, 4.69) is 12.2 Å². The molecule has 0 aliphatic rings. The van der Waals surface area contributed by atoms with Crippen LogP contribution in [-0.4, -0.2) is 24.4 Å². The molecular weight excluding hydrogens is 200 g/mol. The van der Waals surface area contributed by atoms with Gasteiger partial charge in [0.1, 0.15) is 6.23 Å². The van der Waals surface area contributed by atoms with Crippen molar-refractivity contribution in [3.63, 3.8) is 0 Å². The normalized spacial score (nSPS) is 12.9. The highest BCUT2D eigenvalue weighted by Crippen LogP contribution is 2.08. The minimum atomic E-state index is -0.331. The lowest BCUT2D eigenvalue weighted by atomic mass is 10.1. The van der Waals surface area contributed by atoms with Crippen LogP contribution in [0.15, 0.2) is 0 Å². The van der Waals surface area contributed by atoms with Crippen LogP contribution in [0.5, 0.6) is 0 Å². The largest absolute Gasteiger partial charge is 0.379 e. The number of hydrogen-bond acceptors (Lipinski definition) is 3. The molecule has 0 radical (unpaired) electrons. The van der Waals surface area contributed by atoms with Crippen LogP contribution in [0, 0.1) is 0 Å². The highest BCUT2D eigenvalue weighted by molar-refractivity contribution is 4.55. The van der Waals surface area contributed by atoms with Crippen molar-refractivity contribution in [3.05, 3.63) is 0 Å². The van der Waals surface area contributed by atoms with Gasteiger partial charge in [0.2, 0.25) is 0 Å². The Hall–Kier alpha value is -0.120. The van der Waals surface area contributed by atoms with Gasteiger partial charge < -0.3 is 10.8 Å². The van der Waals surface area contributed by atoms with Crippen molar-refractivity contribution in [1.29, 1.82) is 0 Å². The van der Waals surface area contributed by atoms with Crippen molar-refractivity contribution in [2.75, 3.05) is 13.1 Å². The van der Waals surface area contributed by atoms with Crippen LogP contribution in [0.1, 0.15) is 64.7 Å². The van der Waals surface area contributed by atoms with Crippen LogP contribution in [0.4, 0.5) is 0 Å². The van der Waals surface area contributed by atoms with Crippen molar-refractivity contribution in [2.24, 2.45) is 5.73 Å². The SMILES string of the molecule is CCCCCCCCCC(O)NCCCN. The highest BCUT2D eigenvalue weighted by Gasteiger charge is 2.01. The summed E-state index contributed by atoms with van der Waals surface area (Å²) < 4.78 is 0. The number of hydrogen-bond donors (Lipinski definition) is 3. The lowest BCUT2D eigenvalue weighted by Gasteiger charge is -2.11. The molecular formula is C13H30N2O. The van der Waals surface area contributed by atoms with Gasteiger partial charge in [0.25, 0.3) is 0 Å². The van der Waals surface area contributed by atoms with Crippen molar-refractivity contribution in [1.82, 2.24) is 5.32 Å². The van der Waals surface area contributed by atoms with E-state index in [0.29, 0.717) is 6.54 Å². The van der Waals surface area contributed by atoms with Gasteiger partial charge in [-0.1, -0.05) is 45.4 Å². The molecule has 0 saturated carbocycles. The van der Waals surface area contributed by atoms with E-state index in [-0.39, 0.29) is 6.23 Å². The van der Waals surface area contributed by atoms with E-state index >= 15 is 0 Å². The van der Waals surface area contributed by atoms with Crippen molar-refractivity contribution in [2.45, 2.75) is 70.9 Å². The predicted octanol–water partition coefficient (Wildman–Crippen LogP) is 2.38. The number of unbranched alkanes of at least 4 members (excludes halogenated alkanes) is 6. The molecule has 0 heterocycles. The number of rotatable bonds is 12. The smallest absolute Gasteiger partial charge is 0.104 e. The van der Waals surface area contributed by atoms with Gasteiger partial charge >= 0.3 is 0 Å². The summed E-state index contributed by atoms with van der Waals surface area (Å²) in [6.07, 6.45) is 10.6. The van der Waals surface area contributed by atoms with Crippen LogP contribution in [-0.2, 0) is 0 Å². The molecule has 0 saturated heterocycles. The Bertz CT molecular complexity index is 131. The molecule has 0 aromatic rings. The molecule has 98 valence electrons. The molecule has 0 aromatic carbocycles. The Balaban J connectivity index is 3.06. The lowest BCUT2D eigenvalue weighted by Crippen LogP contribution is -2.30. The first kappa shape index (κ1) is 15.9. The van der Waals surface area contributed by atoms with Gasteiger partial charge in [-0.15, -0.1) is 0 Å². The second-order valence-corrected chi connectivity index (χ2v) is 4.52. The number of nitrogens with one attached hydrogen (secondary N) is 1. The predicted molar refractivity (Wildman–Crippen MR) is 70.3 cm³/mol. The average molecular weight is 230 g/mol. The molecule has 3 heteroatoms. The fourth-order valence-corrected chi connectivity index (χ4v) is 1.77. The van der Waals surface area contributed by atoms with Crippen LogP contribution >= 0.6 is 0 Å². The van der Waals surface area contributed by atoms with Gasteiger partial charge in [-0.05, 0) is 32.4 Å². The quantitative estimate of drug-likeness (QED) is 0.356. The minimum Gasteiger partial charge on any atom is -0.379 e. The number of aliphatic hydroxyl groups is 1. The zero-order valence-corrected chi connectivity index (χ0v) is 10.9. The zero-order valence-electron chi connectivity index (χ0n) is 10.9. The molecule has 3 nitrogen and oxygen atoms in total. The summed E-state index contributed by atoms with van der Waals surface area (Å²) in [5.74, 6) is 0. The summed E-state index contributed by atoms with van der Waals surface area (Å²) in [7, 11) is 0. The van der Waals surface area contributed by atoms with Crippen molar-refractivity contribution in [3.8, 4) is 0 Å². The van der Waals surface area contributed by atoms with Gasteiger partial charge in [-0.25, -0.2) is 0 Å². The third kappa shape index (κ3) is 12.0. The molecule has 0 amide bonds. The van der Waals surface area contributed by atoms with Crippen LogP contribution in [0.3, 0.4) is 0 Å². The fraction of sp³-hybridized carbons (Fsp3) is 1.00. The second kappa shape index (κ2) is 12.9. The van der Waals surface area contributed by atoms with Crippen LogP contribution in [0.2, 0.25) is 0 Å². The maximum atomic E-state index is 9.56. The Morgan fingerprint density at radius 3 is 2.25 bits per heavy atom. The second-order valence-electron chi connectivity index (χ2n) is 4.52. The number of nitrogens with two attached hydrogens (primary N) is 1. The van der Waals surface area contributed by atoms with Gasteiger partial charge in [-0.2, -0.15) is 0 Å². The monoisotopic (exact) mass is 230 g/mol. The van der Waals surface area contributed by atoms with E-state index < -0.39 is 0 Å². The van der Waals surface area contributed by atoms with E-state index in [0.717, 1.165) is 25.8 Å². The van der Waals surface area contributed by atoms with E-state index in [9.17, 15) is 5.11 Å². The summed E-state index contributed by atoms with van der Waals surface area (Å²) in [5.41, 5.74) is 5.37. The molecule has 0 spiro atoms. The lowest BCUT2D eigenvalue weighted by molar-refractivity contribution is 0.124. The maximum absolute atomic E-state index is 9.56. The highest BCUT2D eigenvalue weighted by atomic mass is 16.3. The number of aliphatic hydroxyl groups excluding tert-OH is 1. The standard InChI is InChI=1S/C13H30N2O/c1-2-3-4-5-6-7-8-10-13(16)15-12-9-11-14/h13,15-16H,2-12,14H2,1H3. The molecule has 0 aromatic heterocycles. The van der Waals surface area contributed by atoms with Gasteiger partial charge in [0.05, 0.1) is 0 Å². The maximum Gasteiger partial charge on any atom is 0.104 e. The van der Waals surface area contributed by atoms with E-state index in [1.165, 1.54) is 38.5 Å².